The Labute approximate surface area is 180 Å². The van der Waals surface area contributed by atoms with Crippen LogP contribution in [-0.2, 0) is 17.0 Å². The summed E-state index contributed by atoms with van der Waals surface area (Å²) in [5, 5.41) is 6.88. The van der Waals surface area contributed by atoms with Gasteiger partial charge in [-0.3, -0.25) is 4.79 Å². The molecule has 0 saturated heterocycles. The first-order chi connectivity index (χ1) is 14.9. The number of carbonyl (C=O) groups excluding carboxylic acids is 1. The maximum absolute atomic E-state index is 13.6. The summed E-state index contributed by atoms with van der Waals surface area (Å²) in [4.78, 5) is 24.1. The first-order valence-corrected chi connectivity index (χ1v) is 10.5. The van der Waals surface area contributed by atoms with E-state index in [2.05, 4.69) is 38.4 Å². The number of nitrogens with zero attached hydrogens (tertiary/aromatic N) is 3. The van der Waals surface area contributed by atoms with E-state index in [0.29, 0.717) is 11.6 Å². The first-order valence-electron chi connectivity index (χ1n) is 9.54. The van der Waals surface area contributed by atoms with E-state index >= 15 is 0 Å². The van der Waals surface area contributed by atoms with Crippen molar-refractivity contribution in [2.24, 2.45) is 0 Å². The summed E-state index contributed by atoms with van der Waals surface area (Å²) in [6.45, 7) is 4.10. The normalized spacial score (nSPS) is 11.2. The van der Waals surface area contributed by atoms with Crippen LogP contribution in [0, 0.1) is 25.5 Å². The maximum atomic E-state index is 13.6. The lowest BCUT2D eigenvalue weighted by molar-refractivity contribution is -0.116. The van der Waals surface area contributed by atoms with Crippen molar-refractivity contribution in [1.82, 2.24) is 20.1 Å². The van der Waals surface area contributed by atoms with Gasteiger partial charge in [-0.2, -0.15) is 4.98 Å². The van der Waals surface area contributed by atoms with Crippen molar-refractivity contribution in [2.75, 3.05) is 5.32 Å². The number of nitrogens with one attached hydrogen (secondary N) is 2. The summed E-state index contributed by atoms with van der Waals surface area (Å²) in [6, 6.07) is 7.48. The predicted octanol–water partition coefficient (Wildman–Crippen LogP) is 4.70. The highest BCUT2D eigenvalue weighted by Crippen LogP contribution is 2.24. The molecule has 0 aliphatic rings. The van der Waals surface area contributed by atoms with Crippen LogP contribution in [0.3, 0.4) is 0 Å². The Morgan fingerprint density at radius 3 is 2.68 bits per heavy atom. The summed E-state index contributed by atoms with van der Waals surface area (Å²) in [7, 11) is 0. The van der Waals surface area contributed by atoms with Crippen molar-refractivity contribution in [3.05, 3.63) is 64.8 Å². The second-order valence-electron chi connectivity index (χ2n) is 7.03. The number of carbonyl (C=O) groups is 1. The van der Waals surface area contributed by atoms with Crippen molar-refractivity contribution in [1.29, 1.82) is 0 Å². The zero-order valence-corrected chi connectivity index (χ0v) is 17.6. The van der Waals surface area contributed by atoms with Crippen LogP contribution in [0.15, 0.2) is 40.0 Å². The van der Waals surface area contributed by atoms with Gasteiger partial charge in [0.25, 0.3) is 0 Å². The molecule has 0 spiro atoms. The number of imidazole rings is 1. The summed E-state index contributed by atoms with van der Waals surface area (Å²) >= 11 is 1.44. The number of halogens is 2. The van der Waals surface area contributed by atoms with Crippen molar-refractivity contribution < 1.29 is 18.1 Å². The molecule has 2 heterocycles. The van der Waals surface area contributed by atoms with Gasteiger partial charge >= 0.3 is 0 Å². The molecule has 0 saturated carbocycles. The highest BCUT2D eigenvalue weighted by atomic mass is 32.2. The minimum absolute atomic E-state index is 0.0508. The fourth-order valence-corrected chi connectivity index (χ4v) is 3.67. The molecule has 0 bridgehead atoms. The number of anilines is 1. The van der Waals surface area contributed by atoms with E-state index in [1.54, 1.807) is 0 Å². The average Bonchev–Trinajstić information content (AvgIpc) is 3.34. The Balaban J connectivity index is 1.31. The van der Waals surface area contributed by atoms with Gasteiger partial charge in [-0.15, -0.1) is 0 Å². The third-order valence-corrected chi connectivity index (χ3v) is 5.59. The van der Waals surface area contributed by atoms with Crippen LogP contribution >= 0.6 is 11.8 Å². The molecule has 2 aromatic carbocycles. The molecule has 0 aliphatic heterocycles. The van der Waals surface area contributed by atoms with Gasteiger partial charge in [-0.1, -0.05) is 23.0 Å². The van der Waals surface area contributed by atoms with Gasteiger partial charge in [0.1, 0.15) is 17.3 Å². The number of thioether (sulfide) groups is 1. The molecule has 31 heavy (non-hydrogen) atoms. The maximum Gasteiger partial charge on any atom is 0.227 e. The van der Waals surface area contributed by atoms with Crippen LogP contribution in [0.1, 0.15) is 29.3 Å². The van der Waals surface area contributed by atoms with Crippen LogP contribution in [-0.4, -0.2) is 26.0 Å². The average molecular weight is 443 g/mol. The molecule has 4 rings (SSSR count). The quantitative estimate of drug-likeness (QED) is 0.402. The lowest BCUT2D eigenvalue weighted by atomic mass is 10.1. The summed E-state index contributed by atoms with van der Waals surface area (Å²) in [5.74, 6) is -1.04. The number of aromatic amines is 1. The Morgan fingerprint density at radius 1 is 1.16 bits per heavy atom. The molecule has 4 aromatic rings. The Kier molecular flexibility index (Phi) is 5.99. The number of benzene rings is 2. The molecule has 0 aliphatic carbocycles. The minimum atomic E-state index is -0.832. The predicted molar refractivity (Wildman–Crippen MR) is 113 cm³/mol. The largest absolute Gasteiger partial charge is 0.339 e. The molecule has 160 valence electrons. The van der Waals surface area contributed by atoms with E-state index in [9.17, 15) is 13.6 Å². The number of H-pyrrole nitrogens is 1. The number of hydrogen-bond acceptors (Lipinski definition) is 6. The third kappa shape index (κ3) is 4.91. The van der Waals surface area contributed by atoms with Crippen LogP contribution in [0.5, 0.6) is 0 Å². The number of rotatable bonds is 7. The van der Waals surface area contributed by atoms with Crippen LogP contribution in [0.2, 0.25) is 0 Å². The standard InChI is InChI=1S/C21H19F2N5O2S/c1-11-8-15-16(9-12(11)2)25-21(24-15)31-10-17-26-19(30-28-17)7-6-18(29)27-20-13(22)4-3-5-14(20)23/h3-5,8-9H,6-7,10H2,1-2H3,(H,24,25)(H,27,29). The Hall–Kier alpha value is -3.27. The van der Waals surface area contributed by atoms with Gasteiger partial charge in [0.2, 0.25) is 11.8 Å². The van der Waals surface area contributed by atoms with E-state index in [4.69, 9.17) is 4.52 Å². The fourth-order valence-electron chi connectivity index (χ4n) is 2.94. The summed E-state index contributed by atoms with van der Waals surface area (Å²) in [6.07, 6.45) is 0.105. The number of hydrogen-bond donors (Lipinski definition) is 2. The molecule has 7 nitrogen and oxygen atoms in total. The fraction of sp³-hybridized carbons (Fsp3) is 0.238. The lowest BCUT2D eigenvalue weighted by Crippen LogP contribution is -2.14. The SMILES string of the molecule is Cc1cc2nc(SCc3noc(CCC(=O)Nc4c(F)cccc4F)n3)[nH]c2cc1C. The summed E-state index contributed by atoms with van der Waals surface area (Å²) < 4.78 is 32.4. The molecular formula is C21H19F2N5O2S. The van der Waals surface area contributed by atoms with Gasteiger partial charge in [0.05, 0.1) is 16.8 Å². The van der Waals surface area contributed by atoms with E-state index in [-0.39, 0.29) is 18.7 Å². The number of fused-ring (bicyclic) bond motifs is 1. The highest BCUT2D eigenvalue weighted by molar-refractivity contribution is 7.98. The van der Waals surface area contributed by atoms with Crippen molar-refractivity contribution in [3.8, 4) is 0 Å². The molecule has 10 heteroatoms. The van der Waals surface area contributed by atoms with E-state index in [1.165, 1.54) is 29.0 Å². The Morgan fingerprint density at radius 2 is 1.90 bits per heavy atom. The number of para-hydroxylation sites is 1. The highest BCUT2D eigenvalue weighted by Gasteiger charge is 2.14. The molecule has 1 amide bonds. The molecular weight excluding hydrogens is 424 g/mol. The second-order valence-corrected chi connectivity index (χ2v) is 8.00. The molecule has 2 N–H and O–H groups in total. The van der Waals surface area contributed by atoms with E-state index in [1.807, 2.05) is 13.0 Å². The van der Waals surface area contributed by atoms with Crippen molar-refractivity contribution in [2.45, 2.75) is 37.6 Å². The van der Waals surface area contributed by atoms with Gasteiger partial charge in [-0.25, -0.2) is 13.8 Å². The molecule has 0 atom stereocenters. The lowest BCUT2D eigenvalue weighted by Gasteiger charge is -2.06. The topological polar surface area (TPSA) is 96.7 Å². The Bertz CT molecular complexity index is 1190. The smallest absolute Gasteiger partial charge is 0.227 e. The van der Waals surface area contributed by atoms with Crippen LogP contribution < -0.4 is 5.32 Å². The zero-order valence-electron chi connectivity index (χ0n) is 16.8. The van der Waals surface area contributed by atoms with Gasteiger partial charge in [0, 0.05) is 12.8 Å². The van der Waals surface area contributed by atoms with E-state index in [0.717, 1.165) is 28.3 Å². The molecule has 2 aromatic heterocycles. The van der Waals surface area contributed by atoms with E-state index < -0.39 is 23.2 Å². The first kappa shape index (κ1) is 21.0. The van der Waals surface area contributed by atoms with Crippen molar-refractivity contribution in [3.63, 3.8) is 0 Å². The third-order valence-electron chi connectivity index (χ3n) is 4.72. The second kappa shape index (κ2) is 8.84. The number of aryl methyl sites for hydroxylation is 3. The van der Waals surface area contributed by atoms with Gasteiger partial charge < -0.3 is 14.8 Å². The van der Waals surface area contributed by atoms with Gasteiger partial charge in [0.15, 0.2) is 11.0 Å². The molecule has 0 unspecified atom stereocenters. The van der Waals surface area contributed by atoms with Crippen LogP contribution in [0.4, 0.5) is 14.5 Å². The number of aromatic nitrogens is 4. The number of amides is 1. The zero-order chi connectivity index (χ0) is 22.0. The van der Waals surface area contributed by atoms with Crippen LogP contribution in [0.25, 0.3) is 11.0 Å². The minimum Gasteiger partial charge on any atom is -0.339 e. The van der Waals surface area contributed by atoms with Gasteiger partial charge in [-0.05, 0) is 49.2 Å². The molecule has 0 fully saturated rings. The summed E-state index contributed by atoms with van der Waals surface area (Å²) in [5.41, 5.74) is 3.78. The van der Waals surface area contributed by atoms with Crippen molar-refractivity contribution >= 4 is 34.4 Å². The monoisotopic (exact) mass is 443 g/mol. The molecule has 0 radical (unpaired) electrons.